The monoisotopic (exact) mass is 419 g/mol. The van der Waals surface area contributed by atoms with Gasteiger partial charge < -0.3 is 15.5 Å². The topological polar surface area (TPSA) is 81.1 Å². The van der Waals surface area contributed by atoms with E-state index in [1.807, 2.05) is 25.1 Å². The van der Waals surface area contributed by atoms with Crippen LogP contribution in [0.3, 0.4) is 0 Å². The Balaban J connectivity index is 0.00000169. The predicted molar refractivity (Wildman–Crippen MR) is 108 cm³/mol. The molecule has 0 saturated heterocycles. The van der Waals surface area contributed by atoms with Crippen LogP contribution in [0.5, 0.6) is 0 Å². The van der Waals surface area contributed by atoms with E-state index in [1.54, 1.807) is 12.3 Å². The van der Waals surface area contributed by atoms with Crippen molar-refractivity contribution in [2.45, 2.75) is 38.1 Å². The second kappa shape index (κ2) is 9.60. The Morgan fingerprint density at radius 3 is 2.69 bits per heavy atom. The van der Waals surface area contributed by atoms with Crippen molar-refractivity contribution in [2.24, 2.45) is 11.7 Å². The van der Waals surface area contributed by atoms with E-state index < -0.39 is 0 Å². The summed E-state index contributed by atoms with van der Waals surface area (Å²) in [6, 6.07) is 7.43. The summed E-state index contributed by atoms with van der Waals surface area (Å²) in [5, 5.41) is 3.68. The summed E-state index contributed by atoms with van der Waals surface area (Å²) in [6.45, 7) is 2.47. The van der Waals surface area contributed by atoms with Gasteiger partial charge in [0.2, 0.25) is 5.91 Å². The molecule has 1 aromatic heterocycles. The summed E-state index contributed by atoms with van der Waals surface area (Å²) in [4.78, 5) is 16.4. The quantitative estimate of drug-likeness (QED) is 0.709. The number of nitrogens with zero attached hydrogens (tertiary/aromatic N) is 1. The minimum absolute atomic E-state index is 0. The first kappa shape index (κ1) is 22.8. The van der Waals surface area contributed by atoms with E-state index in [0.29, 0.717) is 42.0 Å². The minimum Gasteiger partial charge on any atom is -0.441 e. The molecule has 144 valence electrons. The number of nitrogens with two attached hydrogens (primary N) is 1. The second-order valence-corrected chi connectivity index (χ2v) is 6.95. The highest BCUT2D eigenvalue weighted by molar-refractivity contribution is 6.33. The van der Waals surface area contributed by atoms with Crippen LogP contribution >= 0.6 is 36.4 Å². The molecule has 26 heavy (non-hydrogen) atoms. The lowest BCUT2D eigenvalue weighted by atomic mass is 9.95. The molecule has 0 aliphatic heterocycles. The number of benzene rings is 1. The van der Waals surface area contributed by atoms with Crippen molar-refractivity contribution in [1.82, 2.24) is 10.3 Å². The molecule has 1 atom stereocenters. The van der Waals surface area contributed by atoms with E-state index in [-0.39, 0.29) is 36.3 Å². The fourth-order valence-corrected chi connectivity index (χ4v) is 3.08. The zero-order valence-corrected chi connectivity index (χ0v) is 16.9. The molecule has 1 aromatic carbocycles. The average Bonchev–Trinajstić information content (AvgIpc) is 3.33. The Hall–Kier alpha value is -1.27. The van der Waals surface area contributed by atoms with Gasteiger partial charge in [0.05, 0.1) is 16.8 Å². The molecule has 1 fully saturated rings. The van der Waals surface area contributed by atoms with E-state index >= 15 is 0 Å². The molecule has 3 rings (SSSR count). The third-order valence-corrected chi connectivity index (χ3v) is 4.92. The Labute approximate surface area is 170 Å². The lowest BCUT2D eigenvalue weighted by Crippen LogP contribution is -2.53. The number of carbonyl (C=O) groups is 1. The number of aromatic nitrogens is 1. The van der Waals surface area contributed by atoms with Crippen LogP contribution in [0.25, 0.3) is 11.3 Å². The summed E-state index contributed by atoms with van der Waals surface area (Å²) in [5.41, 5.74) is 6.33. The van der Waals surface area contributed by atoms with E-state index in [2.05, 4.69) is 10.3 Å². The number of oxazole rings is 1. The maximum atomic E-state index is 12.2. The Morgan fingerprint density at radius 2 is 2.08 bits per heavy atom. The number of aryl methyl sites for hydroxylation is 1. The Morgan fingerprint density at radius 1 is 1.38 bits per heavy atom. The van der Waals surface area contributed by atoms with E-state index in [0.717, 1.165) is 18.4 Å². The fourth-order valence-electron chi connectivity index (χ4n) is 2.85. The van der Waals surface area contributed by atoms with Crippen LogP contribution in [0.2, 0.25) is 5.02 Å². The van der Waals surface area contributed by atoms with Crippen molar-refractivity contribution >= 4 is 42.3 Å². The molecule has 0 bridgehead atoms. The highest BCUT2D eigenvalue weighted by Gasteiger charge is 2.41. The first-order valence-electron chi connectivity index (χ1n) is 8.22. The highest BCUT2D eigenvalue weighted by Crippen LogP contribution is 2.39. The van der Waals surface area contributed by atoms with Gasteiger partial charge in [0, 0.05) is 24.9 Å². The van der Waals surface area contributed by atoms with Crippen LogP contribution in [-0.2, 0) is 11.2 Å². The van der Waals surface area contributed by atoms with Gasteiger partial charge in [0.1, 0.15) is 0 Å². The van der Waals surface area contributed by atoms with Gasteiger partial charge in [-0.3, -0.25) is 4.79 Å². The molecule has 1 heterocycles. The van der Waals surface area contributed by atoms with E-state index in [9.17, 15) is 4.79 Å². The van der Waals surface area contributed by atoms with Crippen molar-refractivity contribution in [2.75, 3.05) is 6.54 Å². The van der Waals surface area contributed by atoms with Crippen LogP contribution < -0.4 is 11.1 Å². The van der Waals surface area contributed by atoms with Crippen LogP contribution in [0.4, 0.5) is 0 Å². The Bertz CT molecular complexity index is 734. The zero-order valence-electron chi connectivity index (χ0n) is 14.5. The molecule has 8 heteroatoms. The smallest absolute Gasteiger partial charge is 0.220 e. The van der Waals surface area contributed by atoms with Crippen molar-refractivity contribution < 1.29 is 9.21 Å². The number of carbonyl (C=O) groups excluding carboxylic acids is 1. The Kier molecular flexibility index (Phi) is 8.41. The number of rotatable bonds is 7. The van der Waals surface area contributed by atoms with Gasteiger partial charge in [0.15, 0.2) is 11.7 Å². The molecular formula is C18H24Cl3N3O2. The number of hydrogen-bond acceptors (Lipinski definition) is 4. The van der Waals surface area contributed by atoms with E-state index in [1.165, 1.54) is 0 Å². The summed E-state index contributed by atoms with van der Waals surface area (Å²) in [6.07, 6.45) is 4.68. The maximum Gasteiger partial charge on any atom is 0.220 e. The van der Waals surface area contributed by atoms with Crippen LogP contribution in [0, 0.1) is 5.92 Å². The van der Waals surface area contributed by atoms with Gasteiger partial charge in [-0.05, 0) is 37.8 Å². The highest BCUT2D eigenvalue weighted by atomic mass is 35.5. The third-order valence-electron chi connectivity index (χ3n) is 4.59. The molecule has 0 radical (unpaired) electrons. The molecule has 0 spiro atoms. The third kappa shape index (κ3) is 5.36. The predicted octanol–water partition coefficient (Wildman–Crippen LogP) is 4.01. The molecule has 1 aliphatic rings. The SMILES string of the molecule is CC(CN)(NC(=O)CCc1ncc(-c2ccccc2Cl)o1)C1CC1.Cl.Cl. The first-order chi connectivity index (χ1) is 11.5. The second-order valence-electron chi connectivity index (χ2n) is 6.54. The van der Waals surface area contributed by atoms with Crippen molar-refractivity contribution in [3.8, 4) is 11.3 Å². The number of halogens is 3. The summed E-state index contributed by atoms with van der Waals surface area (Å²) >= 11 is 6.16. The van der Waals surface area contributed by atoms with Crippen LogP contribution in [-0.4, -0.2) is 23.0 Å². The lowest BCUT2D eigenvalue weighted by molar-refractivity contribution is -0.123. The lowest BCUT2D eigenvalue weighted by Gasteiger charge is -2.29. The van der Waals surface area contributed by atoms with Crippen molar-refractivity contribution in [3.05, 3.63) is 41.4 Å². The van der Waals surface area contributed by atoms with Crippen LogP contribution in [0.1, 0.15) is 32.1 Å². The standard InChI is InChI=1S/C18H22ClN3O2.2ClH/c1-18(11-20,12-6-7-12)22-16(23)8-9-17-21-10-15(24-17)13-4-2-3-5-14(13)19;;/h2-5,10,12H,6-9,11,20H2,1H3,(H,22,23);2*1H. The first-order valence-corrected chi connectivity index (χ1v) is 8.60. The molecule has 1 saturated carbocycles. The van der Waals surface area contributed by atoms with Crippen molar-refractivity contribution in [3.63, 3.8) is 0 Å². The molecule has 5 nitrogen and oxygen atoms in total. The summed E-state index contributed by atoms with van der Waals surface area (Å²) in [5.74, 6) is 1.62. The minimum atomic E-state index is -0.295. The molecule has 1 aliphatic carbocycles. The number of hydrogen-bond donors (Lipinski definition) is 2. The van der Waals surface area contributed by atoms with Gasteiger partial charge in [-0.25, -0.2) is 4.98 Å². The van der Waals surface area contributed by atoms with Gasteiger partial charge in [-0.15, -0.1) is 24.8 Å². The largest absolute Gasteiger partial charge is 0.441 e. The number of nitrogens with one attached hydrogen (secondary N) is 1. The van der Waals surface area contributed by atoms with Gasteiger partial charge in [0.25, 0.3) is 0 Å². The molecule has 1 amide bonds. The molecular weight excluding hydrogens is 397 g/mol. The molecule has 3 N–H and O–H groups in total. The number of amides is 1. The zero-order chi connectivity index (χ0) is 17.2. The summed E-state index contributed by atoms with van der Waals surface area (Å²) in [7, 11) is 0. The van der Waals surface area contributed by atoms with Crippen LogP contribution in [0.15, 0.2) is 34.9 Å². The molecule has 2 aromatic rings. The van der Waals surface area contributed by atoms with Gasteiger partial charge in [-0.1, -0.05) is 23.7 Å². The summed E-state index contributed by atoms with van der Waals surface area (Å²) < 4.78 is 5.72. The van der Waals surface area contributed by atoms with E-state index in [4.69, 9.17) is 21.8 Å². The fraction of sp³-hybridized carbons (Fsp3) is 0.444. The average molecular weight is 421 g/mol. The maximum absolute atomic E-state index is 12.2. The van der Waals surface area contributed by atoms with Gasteiger partial charge >= 0.3 is 0 Å². The molecule has 1 unspecified atom stereocenters. The van der Waals surface area contributed by atoms with Gasteiger partial charge in [-0.2, -0.15) is 0 Å². The van der Waals surface area contributed by atoms with Crippen molar-refractivity contribution in [1.29, 1.82) is 0 Å². The normalized spacial score (nSPS) is 15.3.